The summed E-state index contributed by atoms with van der Waals surface area (Å²) in [7, 11) is 2.11. The fraction of sp³-hybridized carbons (Fsp3) is 0.435. The number of ketones is 6. The van der Waals surface area contributed by atoms with Gasteiger partial charge in [0, 0.05) is 41.2 Å². The van der Waals surface area contributed by atoms with E-state index in [1.165, 1.54) is 78.5 Å². The van der Waals surface area contributed by atoms with Gasteiger partial charge in [0.05, 0.1) is 5.56 Å². The molecule has 7 aromatic carbocycles. The average molecular weight is 1340 g/mol. The second-order valence-corrected chi connectivity index (χ2v) is 25.4. The van der Waals surface area contributed by atoms with Gasteiger partial charge in [-0.15, -0.1) is 0 Å². The van der Waals surface area contributed by atoms with Crippen molar-refractivity contribution in [2.45, 2.75) is 205 Å². The highest BCUT2D eigenvalue weighted by Crippen LogP contribution is 2.30. The molecule has 1 aliphatic heterocycles. The van der Waals surface area contributed by atoms with Crippen molar-refractivity contribution < 1.29 is 41.9 Å². The van der Waals surface area contributed by atoms with Crippen molar-refractivity contribution >= 4 is 46.3 Å². The average Bonchev–Trinajstić information content (AvgIpc) is 0.955. The quantitative estimate of drug-likeness (QED) is 0.112. The third-order valence-electron chi connectivity index (χ3n) is 16.4. The highest BCUT2D eigenvalue weighted by molar-refractivity contribution is 6.30. The first-order valence-corrected chi connectivity index (χ1v) is 34.9. The zero-order valence-corrected chi connectivity index (χ0v) is 60.9. The molecule has 0 radical (unpaired) electrons. The lowest BCUT2D eigenvalue weighted by Crippen LogP contribution is -2.32. The number of hydrogen-bond acceptors (Lipinski definition) is 7. The molecule has 0 spiro atoms. The number of halogens is 4. The van der Waals surface area contributed by atoms with Gasteiger partial charge in [-0.3, -0.25) is 28.8 Å². The zero-order valence-electron chi connectivity index (χ0n) is 60.2. The predicted octanol–water partition coefficient (Wildman–Crippen LogP) is 22.0. The minimum atomic E-state index is -4.22. The third-order valence-corrected chi connectivity index (χ3v) is 16.7. The molecule has 1 saturated heterocycles. The summed E-state index contributed by atoms with van der Waals surface area (Å²) < 4.78 is 36.3. The second kappa shape index (κ2) is 51.8. The van der Waals surface area contributed by atoms with Gasteiger partial charge in [-0.2, -0.15) is 13.2 Å². The van der Waals surface area contributed by atoms with E-state index >= 15 is 0 Å². The van der Waals surface area contributed by atoms with Crippen LogP contribution in [0.2, 0.25) is 5.02 Å². The molecule has 11 heteroatoms. The molecule has 0 unspecified atom stereocenters. The van der Waals surface area contributed by atoms with Gasteiger partial charge in [0.25, 0.3) is 0 Å². The molecule has 10 rings (SSSR count). The largest absolute Gasteiger partial charge is 0.416 e. The molecule has 0 bridgehead atoms. The molecule has 96 heavy (non-hydrogen) atoms. The van der Waals surface area contributed by atoms with Crippen molar-refractivity contribution in [3.63, 3.8) is 0 Å². The van der Waals surface area contributed by atoms with Crippen molar-refractivity contribution in [3.8, 4) is 0 Å². The third kappa shape index (κ3) is 43.6. The van der Waals surface area contributed by atoms with Crippen molar-refractivity contribution in [1.29, 1.82) is 0 Å². The molecule has 0 atom stereocenters. The molecular formula is C85H113ClF3NO6. The Labute approximate surface area is 581 Å². The summed E-state index contributed by atoms with van der Waals surface area (Å²) in [5.41, 5.74) is 9.81. The first kappa shape index (κ1) is 86.6. The maximum Gasteiger partial charge on any atom is 0.416 e. The van der Waals surface area contributed by atoms with Gasteiger partial charge < -0.3 is 4.90 Å². The number of Topliss-reactive ketones (excluding diaryl/α,β-unsaturated/α-hetero) is 6. The van der Waals surface area contributed by atoms with Crippen LogP contribution in [0.15, 0.2) is 188 Å². The maximum atomic E-state index is 12.1. The summed E-state index contributed by atoms with van der Waals surface area (Å²) in [5, 5.41) is 0.828. The molecule has 522 valence electrons. The van der Waals surface area contributed by atoms with E-state index in [4.69, 9.17) is 11.6 Å². The molecule has 3 fully saturated rings. The van der Waals surface area contributed by atoms with E-state index in [2.05, 4.69) is 94.2 Å². The smallest absolute Gasteiger partial charge is 0.306 e. The number of hydrogen-bond donors (Lipinski definition) is 0. The van der Waals surface area contributed by atoms with Crippen molar-refractivity contribution in [3.05, 3.63) is 249 Å². The summed E-state index contributed by atoms with van der Waals surface area (Å²) in [6.07, 6.45) is 15.3. The maximum absolute atomic E-state index is 12.1. The van der Waals surface area contributed by atoms with Gasteiger partial charge in [-0.25, -0.2) is 0 Å². The minimum Gasteiger partial charge on any atom is -0.306 e. The number of carbonyl (C=O) groups is 6. The monoisotopic (exact) mass is 1340 g/mol. The first-order chi connectivity index (χ1) is 45.7. The standard InChI is InChI=1S/C10H12O.C9H9F3.C9H10O.C9H12.C8H9Cl.C8H15NO.2C8H14O.C8H8O.C8H10/c1-8-3-5-10(6-4-8)7-9(2)11;1-2-7-4-3-5-8(6-7)9(10,11)12;1-8(10)7-9-5-3-2-4-6-9;1-3-9-6-4-8(2)5-7-9;1-2-7-4-3-5-8(9)6-7;1-7(10)8-3-5-9(2)6-4-8;3*1-7(9)8-5-3-2-4-6-8;1-2-8-6-4-3-5-7-8/h3-6H,7H2,1-2H3;3-6H,2H2,1H3;2-6H,7H2,1H3;4-7H,3H2,1-2H3;3-6H,2H2,1H3;8H,3-6H2,1-2H3;2*8H,2-6H2,1H3;2-6H,1H3;3-7H,2H2,1H3. The Morgan fingerprint density at radius 3 is 1.03 bits per heavy atom. The van der Waals surface area contributed by atoms with Gasteiger partial charge in [-0.1, -0.05) is 259 Å². The van der Waals surface area contributed by atoms with Crippen LogP contribution < -0.4 is 0 Å². The SMILES string of the molecule is CC(=O)C1CCCCC1.CC(=O)C1CCCCC1.CC(=O)C1CCN(C)CC1.CC(=O)Cc1ccc(C)cc1.CC(=O)Cc1ccccc1.CC(=O)c1ccccc1.CCc1ccc(C)cc1.CCc1cccc(C(F)(F)F)c1.CCc1cccc(Cl)c1.CCc1ccccc1. The molecule has 3 aliphatic rings. The fourth-order valence-electron chi connectivity index (χ4n) is 10.2. The van der Waals surface area contributed by atoms with Crippen LogP contribution >= 0.6 is 11.6 Å². The van der Waals surface area contributed by atoms with Crippen LogP contribution in [-0.4, -0.2) is 59.7 Å². The number of piperidine rings is 1. The Kier molecular flexibility index (Phi) is 46.7. The number of carbonyl (C=O) groups excluding carboxylic acids is 6. The Hall–Kier alpha value is -7.40. The molecule has 7 nitrogen and oxygen atoms in total. The van der Waals surface area contributed by atoms with Crippen LogP contribution in [-0.2, 0) is 68.7 Å². The zero-order chi connectivity index (χ0) is 71.7. The Morgan fingerprint density at radius 2 is 0.719 bits per heavy atom. The van der Waals surface area contributed by atoms with E-state index < -0.39 is 11.7 Å². The molecule has 0 aromatic heterocycles. The molecule has 2 saturated carbocycles. The molecule has 0 amide bonds. The fourth-order valence-corrected chi connectivity index (χ4v) is 10.5. The van der Waals surface area contributed by atoms with Crippen LogP contribution in [0.1, 0.15) is 207 Å². The topological polar surface area (TPSA) is 106 Å². The summed E-state index contributed by atoms with van der Waals surface area (Å²) in [6, 6.07) is 59.4. The molecule has 1 heterocycles. The van der Waals surface area contributed by atoms with Crippen molar-refractivity contribution in [2.24, 2.45) is 17.8 Å². The lowest BCUT2D eigenvalue weighted by Gasteiger charge is -2.26. The normalized spacial score (nSPS) is 13.4. The van der Waals surface area contributed by atoms with E-state index in [0.717, 1.165) is 98.7 Å². The van der Waals surface area contributed by atoms with Crippen LogP contribution in [0.3, 0.4) is 0 Å². The first-order valence-electron chi connectivity index (χ1n) is 34.6. The Balaban J connectivity index is 0.000000534. The second-order valence-electron chi connectivity index (χ2n) is 24.9. The number of rotatable bonds is 12. The minimum absolute atomic E-state index is 0.121. The summed E-state index contributed by atoms with van der Waals surface area (Å²) >= 11 is 5.72. The van der Waals surface area contributed by atoms with E-state index in [0.29, 0.717) is 59.9 Å². The van der Waals surface area contributed by atoms with E-state index in [1.807, 2.05) is 123 Å². The van der Waals surface area contributed by atoms with Gasteiger partial charge in [0.1, 0.15) is 28.9 Å². The van der Waals surface area contributed by atoms with Crippen LogP contribution in [0.5, 0.6) is 0 Å². The Bertz CT molecular complexity index is 3170. The van der Waals surface area contributed by atoms with Crippen molar-refractivity contribution in [1.82, 2.24) is 4.90 Å². The van der Waals surface area contributed by atoms with Crippen LogP contribution in [0, 0.1) is 31.6 Å². The number of benzene rings is 7. The van der Waals surface area contributed by atoms with E-state index in [-0.39, 0.29) is 17.3 Å². The highest BCUT2D eigenvalue weighted by Gasteiger charge is 2.30. The summed E-state index contributed by atoms with van der Waals surface area (Å²) in [6.45, 7) is 24.5. The van der Waals surface area contributed by atoms with Gasteiger partial charge in [-0.05, 0) is 191 Å². The van der Waals surface area contributed by atoms with Crippen LogP contribution in [0.25, 0.3) is 0 Å². The van der Waals surface area contributed by atoms with Crippen molar-refractivity contribution in [2.75, 3.05) is 20.1 Å². The summed E-state index contributed by atoms with van der Waals surface area (Å²) in [4.78, 5) is 66.7. The summed E-state index contributed by atoms with van der Waals surface area (Å²) in [5.74, 6) is 2.90. The number of aryl methyl sites for hydroxylation is 6. The molecule has 7 aromatic rings. The molecule has 0 N–H and O–H groups in total. The number of nitrogens with zero attached hydrogens (tertiary/aromatic N) is 1. The molecular weight excluding hydrogens is 1220 g/mol. The van der Waals surface area contributed by atoms with E-state index in [1.54, 1.807) is 47.6 Å². The van der Waals surface area contributed by atoms with Crippen LogP contribution in [0.4, 0.5) is 13.2 Å². The van der Waals surface area contributed by atoms with Gasteiger partial charge in [0.15, 0.2) is 5.78 Å². The van der Waals surface area contributed by atoms with E-state index in [9.17, 15) is 41.9 Å². The lowest BCUT2D eigenvalue weighted by atomic mass is 9.87. The number of alkyl halides is 3. The Morgan fingerprint density at radius 1 is 0.396 bits per heavy atom. The number of likely N-dealkylation sites (tertiary alicyclic amines) is 1. The predicted molar refractivity (Wildman–Crippen MR) is 396 cm³/mol. The van der Waals surface area contributed by atoms with Gasteiger partial charge in [0.2, 0.25) is 0 Å². The lowest BCUT2D eigenvalue weighted by molar-refractivity contribution is -0.137. The molecule has 2 aliphatic carbocycles. The van der Waals surface area contributed by atoms with Gasteiger partial charge >= 0.3 is 6.18 Å². The highest BCUT2D eigenvalue weighted by atomic mass is 35.5.